The van der Waals surface area contributed by atoms with Gasteiger partial charge in [-0.15, -0.1) is 11.8 Å². The lowest BCUT2D eigenvalue weighted by atomic mass is 10.1. The highest BCUT2D eigenvalue weighted by Crippen LogP contribution is 2.37. The molecule has 3 N–H and O–H groups in total. The lowest BCUT2D eigenvalue weighted by molar-refractivity contribution is -0.385. The molecule has 1 aliphatic rings. The zero-order valence-electron chi connectivity index (χ0n) is 27.3. The van der Waals surface area contributed by atoms with Crippen LogP contribution in [0.5, 0.6) is 0 Å². The summed E-state index contributed by atoms with van der Waals surface area (Å²) in [5.74, 6) is -1.76. The predicted molar refractivity (Wildman–Crippen MR) is 199 cm³/mol. The monoisotopic (exact) mass is 710 g/mol. The van der Waals surface area contributed by atoms with E-state index in [-0.39, 0.29) is 40.7 Å². The van der Waals surface area contributed by atoms with Gasteiger partial charge in [0.15, 0.2) is 0 Å². The van der Waals surface area contributed by atoms with Crippen molar-refractivity contribution >= 4 is 64.4 Å². The second-order valence-electron chi connectivity index (χ2n) is 11.3. The van der Waals surface area contributed by atoms with Crippen LogP contribution in [0.1, 0.15) is 33.2 Å². The quantitative estimate of drug-likeness (QED) is 0.0594. The van der Waals surface area contributed by atoms with Crippen LogP contribution < -0.4 is 21.0 Å². The lowest BCUT2D eigenvalue weighted by Gasteiger charge is -2.17. The molecule has 13 heteroatoms. The molecule has 0 saturated carbocycles. The van der Waals surface area contributed by atoms with E-state index in [0.29, 0.717) is 21.8 Å². The minimum Gasteiger partial charge on any atom is -0.321 e. The molecule has 0 fully saturated rings. The number of para-hydroxylation sites is 2. The van der Waals surface area contributed by atoms with Gasteiger partial charge in [0.2, 0.25) is 5.91 Å². The van der Waals surface area contributed by atoms with Crippen LogP contribution in [-0.2, 0) is 14.4 Å². The molecule has 0 radical (unpaired) electrons. The fourth-order valence-corrected chi connectivity index (χ4v) is 6.32. The first-order valence-electron chi connectivity index (χ1n) is 16.0. The Morgan fingerprint density at radius 1 is 0.808 bits per heavy atom. The summed E-state index contributed by atoms with van der Waals surface area (Å²) in [4.78, 5) is 65.0. The Morgan fingerprint density at radius 2 is 1.46 bits per heavy atom. The average Bonchev–Trinajstić information content (AvgIpc) is 3.54. The molecular weight excluding hydrogens is 681 g/mol. The number of nitrogens with one attached hydrogen (secondary N) is 3. The van der Waals surface area contributed by atoms with Crippen molar-refractivity contribution in [2.75, 3.05) is 10.3 Å². The van der Waals surface area contributed by atoms with Gasteiger partial charge in [0, 0.05) is 22.2 Å². The smallest absolute Gasteiger partial charge is 0.276 e. The number of hydrazone groups is 1. The van der Waals surface area contributed by atoms with E-state index >= 15 is 0 Å². The van der Waals surface area contributed by atoms with E-state index in [1.807, 2.05) is 36.4 Å². The van der Waals surface area contributed by atoms with Crippen LogP contribution in [0.3, 0.4) is 0 Å². The van der Waals surface area contributed by atoms with Gasteiger partial charge in [0.05, 0.1) is 22.6 Å². The van der Waals surface area contributed by atoms with Crippen LogP contribution >= 0.6 is 11.8 Å². The van der Waals surface area contributed by atoms with Crippen molar-refractivity contribution in [1.29, 1.82) is 0 Å². The first-order chi connectivity index (χ1) is 25.2. The number of rotatable bonds is 11. The first-order valence-corrected chi connectivity index (χ1v) is 16.8. The number of nitrogens with zero attached hydrogens (tertiary/aromatic N) is 3. The van der Waals surface area contributed by atoms with Crippen LogP contribution in [-0.4, -0.2) is 34.4 Å². The van der Waals surface area contributed by atoms with Crippen LogP contribution in [0.15, 0.2) is 155 Å². The van der Waals surface area contributed by atoms with E-state index in [1.165, 1.54) is 41.0 Å². The predicted octanol–water partition coefficient (Wildman–Crippen LogP) is 6.70. The van der Waals surface area contributed by atoms with Gasteiger partial charge in [0.1, 0.15) is 16.8 Å². The van der Waals surface area contributed by atoms with Crippen molar-refractivity contribution in [2.45, 2.75) is 16.6 Å². The van der Waals surface area contributed by atoms with Crippen molar-refractivity contribution in [3.63, 3.8) is 0 Å². The Hall–Kier alpha value is -6.86. The van der Waals surface area contributed by atoms with Crippen molar-refractivity contribution in [1.82, 2.24) is 10.6 Å². The summed E-state index contributed by atoms with van der Waals surface area (Å²) in [5.41, 5.74) is 1.56. The molecule has 52 heavy (non-hydrogen) atoms. The summed E-state index contributed by atoms with van der Waals surface area (Å²) in [6.45, 7) is 0. The number of carbonyl (C=O) groups is 4. The Kier molecular flexibility index (Phi) is 10.9. The number of amidine groups is 1. The van der Waals surface area contributed by atoms with E-state index in [1.54, 1.807) is 84.9 Å². The Balaban J connectivity index is 1.23. The number of anilines is 2. The van der Waals surface area contributed by atoms with E-state index in [0.717, 1.165) is 0 Å². The standard InChI is InChI=1S/C39H30N6O6S/c46-35-25-34(43-44(35)30-19-8-3-9-20-30)42-39(49)36(26-13-4-1-5-14-26)52-31-21-12-18-29(24-31)40-38(48)32(41-37(47)27-15-6-2-7-16-27)23-28-17-10-11-22-33(28)45(50)51/h1-24,36H,25H2,(H,40,48)(H,41,47)(H,42,43,49)/b32-23+. The molecule has 1 aliphatic heterocycles. The third-order valence-electron chi connectivity index (χ3n) is 7.69. The molecule has 0 spiro atoms. The summed E-state index contributed by atoms with van der Waals surface area (Å²) >= 11 is 1.22. The molecule has 1 unspecified atom stereocenters. The van der Waals surface area contributed by atoms with Gasteiger partial charge in [0.25, 0.3) is 23.4 Å². The first kappa shape index (κ1) is 35.0. The molecule has 0 aromatic heterocycles. The number of nitro groups is 1. The molecule has 12 nitrogen and oxygen atoms in total. The largest absolute Gasteiger partial charge is 0.321 e. The van der Waals surface area contributed by atoms with Crippen molar-refractivity contribution < 1.29 is 24.1 Å². The fourth-order valence-electron chi connectivity index (χ4n) is 5.23. The number of carbonyl (C=O) groups excluding carboxylic acids is 4. The molecule has 1 atom stereocenters. The van der Waals surface area contributed by atoms with Gasteiger partial charge in [-0.3, -0.25) is 29.3 Å². The normalized spacial score (nSPS) is 13.2. The number of hydrogen-bond acceptors (Lipinski definition) is 8. The van der Waals surface area contributed by atoms with E-state index in [9.17, 15) is 29.3 Å². The zero-order chi connectivity index (χ0) is 36.5. The third kappa shape index (κ3) is 8.64. The zero-order valence-corrected chi connectivity index (χ0v) is 28.2. The molecule has 0 saturated heterocycles. The molecule has 5 aromatic rings. The maximum absolute atomic E-state index is 13.8. The van der Waals surface area contributed by atoms with E-state index in [2.05, 4.69) is 21.1 Å². The maximum atomic E-state index is 13.8. The topological polar surface area (TPSA) is 163 Å². The fraction of sp³-hybridized carbons (Fsp3) is 0.0513. The van der Waals surface area contributed by atoms with Crippen LogP contribution in [0.4, 0.5) is 17.1 Å². The highest BCUT2D eigenvalue weighted by Gasteiger charge is 2.30. The average molecular weight is 711 g/mol. The van der Waals surface area contributed by atoms with Gasteiger partial charge >= 0.3 is 0 Å². The number of amides is 4. The van der Waals surface area contributed by atoms with Gasteiger partial charge in [-0.2, -0.15) is 10.1 Å². The summed E-state index contributed by atoms with van der Waals surface area (Å²) in [6.07, 6.45) is 1.18. The molecule has 5 aromatic carbocycles. The molecule has 0 bridgehead atoms. The molecule has 258 valence electrons. The number of nitro benzene ring substituents is 1. The SMILES string of the molecule is O=C(Nc1cccc(SC(C(=O)NC2=NN(c3ccccc3)C(=O)C2)c2ccccc2)c1)/C(=C\c1ccccc1[N+](=O)[O-])NC(=O)c1ccccc1. The second kappa shape index (κ2) is 16.2. The van der Waals surface area contributed by atoms with Crippen LogP contribution in [0.25, 0.3) is 6.08 Å². The highest BCUT2D eigenvalue weighted by atomic mass is 32.2. The highest BCUT2D eigenvalue weighted by molar-refractivity contribution is 8.00. The summed E-state index contributed by atoms with van der Waals surface area (Å²) in [6, 6.07) is 38.9. The van der Waals surface area contributed by atoms with E-state index in [4.69, 9.17) is 0 Å². The molecule has 0 aliphatic carbocycles. The molecule has 4 amide bonds. The minimum absolute atomic E-state index is 0.0723. The number of benzene rings is 5. The van der Waals surface area contributed by atoms with Crippen molar-refractivity contribution in [3.05, 3.63) is 172 Å². The van der Waals surface area contributed by atoms with Crippen molar-refractivity contribution in [3.8, 4) is 0 Å². The Morgan fingerprint density at radius 3 is 2.17 bits per heavy atom. The summed E-state index contributed by atoms with van der Waals surface area (Å²) < 4.78 is 0. The number of thioether (sulfide) groups is 1. The molecular formula is C39H30N6O6S. The molecule has 6 rings (SSSR count). The molecule has 1 heterocycles. The third-order valence-corrected chi connectivity index (χ3v) is 8.94. The lowest BCUT2D eigenvalue weighted by Crippen LogP contribution is -2.33. The van der Waals surface area contributed by atoms with Crippen LogP contribution in [0.2, 0.25) is 0 Å². The second-order valence-corrected chi connectivity index (χ2v) is 12.5. The van der Waals surface area contributed by atoms with Crippen molar-refractivity contribution in [2.24, 2.45) is 5.10 Å². The van der Waals surface area contributed by atoms with E-state index < -0.39 is 27.9 Å². The minimum atomic E-state index is -0.769. The van der Waals surface area contributed by atoms with Gasteiger partial charge < -0.3 is 16.0 Å². The number of hydrogen-bond donors (Lipinski definition) is 3. The maximum Gasteiger partial charge on any atom is 0.276 e. The van der Waals surface area contributed by atoms with Crippen LogP contribution in [0, 0.1) is 10.1 Å². The Labute approximate surface area is 302 Å². The van der Waals surface area contributed by atoms with Gasteiger partial charge in [-0.1, -0.05) is 84.9 Å². The van der Waals surface area contributed by atoms with Gasteiger partial charge in [-0.05, 0) is 60.2 Å². The summed E-state index contributed by atoms with van der Waals surface area (Å²) in [7, 11) is 0. The Bertz CT molecular complexity index is 2200. The summed E-state index contributed by atoms with van der Waals surface area (Å²) in [5, 5.41) is 24.7. The van der Waals surface area contributed by atoms with Gasteiger partial charge in [-0.25, -0.2) is 0 Å².